The molecule has 1 aliphatic heterocycles. The Hall–Kier alpha value is -2.41. The van der Waals surface area contributed by atoms with Crippen LogP contribution >= 0.6 is 11.3 Å². The van der Waals surface area contributed by atoms with Gasteiger partial charge in [-0.3, -0.25) is 14.6 Å². The van der Waals surface area contributed by atoms with E-state index in [9.17, 15) is 4.79 Å². The minimum Gasteiger partial charge on any atom is -0.330 e. The van der Waals surface area contributed by atoms with Gasteiger partial charge in [-0.05, 0) is 30.4 Å². The lowest BCUT2D eigenvalue weighted by Gasteiger charge is -2.22. The van der Waals surface area contributed by atoms with Gasteiger partial charge in [-0.1, -0.05) is 6.07 Å². The number of H-pyrrole nitrogens is 1. The molecule has 1 aliphatic rings. The number of amides is 1. The van der Waals surface area contributed by atoms with Crippen LogP contribution in [-0.2, 0) is 7.05 Å². The summed E-state index contributed by atoms with van der Waals surface area (Å²) >= 11 is 1.63. The van der Waals surface area contributed by atoms with Gasteiger partial charge in [0, 0.05) is 25.4 Å². The van der Waals surface area contributed by atoms with Crippen LogP contribution < -0.4 is 0 Å². The Labute approximate surface area is 137 Å². The van der Waals surface area contributed by atoms with Crippen LogP contribution in [0.25, 0.3) is 10.6 Å². The lowest BCUT2D eigenvalue weighted by molar-refractivity contribution is 0.0729. The molecule has 3 aromatic heterocycles. The number of hydrogen-bond acceptors (Lipinski definition) is 4. The zero-order chi connectivity index (χ0) is 15.8. The quantitative estimate of drug-likeness (QED) is 0.804. The average molecular weight is 327 g/mol. The molecule has 1 fully saturated rings. The van der Waals surface area contributed by atoms with Gasteiger partial charge < -0.3 is 4.90 Å². The number of aromatic amines is 1. The molecule has 0 aromatic carbocycles. The van der Waals surface area contributed by atoms with Crippen LogP contribution in [0, 0.1) is 0 Å². The zero-order valence-corrected chi connectivity index (χ0v) is 13.6. The monoisotopic (exact) mass is 327 g/mol. The minimum absolute atomic E-state index is 0.0181. The highest BCUT2D eigenvalue weighted by atomic mass is 32.1. The first-order valence-corrected chi connectivity index (χ1v) is 8.49. The third-order valence-corrected chi connectivity index (χ3v) is 5.11. The Balaban J connectivity index is 1.58. The number of thiophene rings is 1. The standard InChI is InChI=1S/C16H17N5OS/c1-20-10-11(9-17-20)14-4-2-6-21(14)16(22)13-8-12(18-19-13)15-5-3-7-23-15/h3,5,7-10,14H,2,4,6H2,1H3,(H,18,19)/t14-/m0/s1. The van der Waals surface area contributed by atoms with Crippen molar-refractivity contribution in [3.8, 4) is 10.6 Å². The van der Waals surface area contributed by atoms with Crippen LogP contribution in [0.2, 0.25) is 0 Å². The Kier molecular flexibility index (Phi) is 3.49. The molecule has 0 unspecified atom stereocenters. The minimum atomic E-state index is -0.0181. The summed E-state index contributed by atoms with van der Waals surface area (Å²) in [6, 6.07) is 5.94. The van der Waals surface area contributed by atoms with Crippen molar-refractivity contribution >= 4 is 17.2 Å². The molecule has 118 valence electrons. The lowest BCUT2D eigenvalue weighted by Crippen LogP contribution is -2.30. The summed E-state index contributed by atoms with van der Waals surface area (Å²) in [4.78, 5) is 15.8. The third kappa shape index (κ3) is 2.57. The molecule has 1 atom stereocenters. The molecule has 4 heterocycles. The fraction of sp³-hybridized carbons (Fsp3) is 0.312. The molecule has 0 spiro atoms. The molecule has 1 saturated heterocycles. The van der Waals surface area contributed by atoms with Gasteiger partial charge in [0.15, 0.2) is 5.69 Å². The van der Waals surface area contributed by atoms with Gasteiger partial charge in [-0.25, -0.2) is 0 Å². The van der Waals surface area contributed by atoms with E-state index in [0.717, 1.165) is 35.5 Å². The van der Waals surface area contributed by atoms with Gasteiger partial charge in [0.1, 0.15) is 0 Å². The highest BCUT2D eigenvalue weighted by Crippen LogP contribution is 2.33. The van der Waals surface area contributed by atoms with E-state index in [-0.39, 0.29) is 11.9 Å². The van der Waals surface area contributed by atoms with Gasteiger partial charge in [-0.2, -0.15) is 10.2 Å². The molecule has 4 rings (SSSR count). The summed E-state index contributed by atoms with van der Waals surface area (Å²) in [5.74, 6) is -0.0181. The number of nitrogens with one attached hydrogen (secondary N) is 1. The van der Waals surface area contributed by atoms with Crippen molar-refractivity contribution in [2.75, 3.05) is 6.54 Å². The average Bonchev–Trinajstić information content (AvgIpc) is 3.31. The predicted molar refractivity (Wildman–Crippen MR) is 88.1 cm³/mol. The first kappa shape index (κ1) is 14.2. The first-order valence-electron chi connectivity index (χ1n) is 7.61. The number of aryl methyl sites for hydroxylation is 1. The number of likely N-dealkylation sites (tertiary alicyclic amines) is 1. The number of carbonyl (C=O) groups is 1. The molecule has 1 N–H and O–H groups in total. The van der Waals surface area contributed by atoms with E-state index in [2.05, 4.69) is 15.3 Å². The first-order chi connectivity index (χ1) is 11.2. The SMILES string of the molecule is Cn1cc([C@@H]2CCCN2C(=O)c2cc(-c3cccs3)[nH]n2)cn1. The van der Waals surface area contributed by atoms with Gasteiger partial charge >= 0.3 is 0 Å². The molecule has 3 aromatic rings. The highest BCUT2D eigenvalue weighted by molar-refractivity contribution is 7.13. The summed E-state index contributed by atoms with van der Waals surface area (Å²) in [7, 11) is 1.89. The maximum absolute atomic E-state index is 12.8. The largest absolute Gasteiger partial charge is 0.330 e. The van der Waals surface area contributed by atoms with E-state index in [1.165, 1.54) is 0 Å². The topological polar surface area (TPSA) is 66.8 Å². The molecular weight excluding hydrogens is 310 g/mol. The zero-order valence-electron chi connectivity index (χ0n) is 12.8. The number of aromatic nitrogens is 4. The van der Waals surface area contributed by atoms with Gasteiger partial charge in [-0.15, -0.1) is 11.3 Å². The number of hydrogen-bond donors (Lipinski definition) is 1. The molecule has 6 nitrogen and oxygen atoms in total. The van der Waals surface area contributed by atoms with Crippen LogP contribution in [0.5, 0.6) is 0 Å². The highest BCUT2D eigenvalue weighted by Gasteiger charge is 2.32. The normalized spacial score (nSPS) is 17.8. The summed E-state index contributed by atoms with van der Waals surface area (Å²) < 4.78 is 1.78. The van der Waals surface area contributed by atoms with E-state index < -0.39 is 0 Å². The number of rotatable bonds is 3. The van der Waals surface area contributed by atoms with Crippen LogP contribution in [0.3, 0.4) is 0 Å². The predicted octanol–water partition coefficient (Wildman–Crippen LogP) is 2.85. The van der Waals surface area contributed by atoms with Crippen LogP contribution in [0.1, 0.15) is 34.9 Å². The van der Waals surface area contributed by atoms with E-state index in [4.69, 9.17) is 0 Å². The number of carbonyl (C=O) groups excluding carboxylic acids is 1. The summed E-state index contributed by atoms with van der Waals surface area (Å²) in [6.07, 6.45) is 5.81. The van der Waals surface area contributed by atoms with Crippen molar-refractivity contribution in [3.63, 3.8) is 0 Å². The van der Waals surface area contributed by atoms with E-state index in [0.29, 0.717) is 5.69 Å². The molecule has 0 radical (unpaired) electrons. The second-order valence-corrected chi connectivity index (χ2v) is 6.70. The Morgan fingerprint density at radius 1 is 1.48 bits per heavy atom. The van der Waals surface area contributed by atoms with Crippen molar-refractivity contribution in [2.45, 2.75) is 18.9 Å². The van der Waals surface area contributed by atoms with Crippen molar-refractivity contribution in [1.82, 2.24) is 24.9 Å². The van der Waals surface area contributed by atoms with E-state index in [1.54, 1.807) is 16.0 Å². The molecular formula is C16H17N5OS. The van der Waals surface area contributed by atoms with Gasteiger partial charge in [0.2, 0.25) is 0 Å². The Bertz CT molecular complexity index is 819. The maximum atomic E-state index is 12.8. The van der Waals surface area contributed by atoms with Gasteiger partial charge in [0.05, 0.1) is 22.8 Å². The second kappa shape index (κ2) is 5.66. The second-order valence-electron chi connectivity index (χ2n) is 5.75. The number of nitrogens with zero attached hydrogens (tertiary/aromatic N) is 4. The van der Waals surface area contributed by atoms with Gasteiger partial charge in [0.25, 0.3) is 5.91 Å². The molecule has 0 aliphatic carbocycles. The van der Waals surface area contributed by atoms with Crippen molar-refractivity contribution < 1.29 is 4.79 Å². The lowest BCUT2D eigenvalue weighted by atomic mass is 10.1. The summed E-state index contributed by atoms with van der Waals surface area (Å²) in [5.41, 5.74) is 2.46. The fourth-order valence-electron chi connectivity index (χ4n) is 3.11. The third-order valence-electron chi connectivity index (χ3n) is 4.21. The summed E-state index contributed by atoms with van der Waals surface area (Å²) in [5, 5.41) is 13.4. The fourth-order valence-corrected chi connectivity index (χ4v) is 3.80. The van der Waals surface area contributed by atoms with E-state index in [1.807, 2.05) is 47.9 Å². The smallest absolute Gasteiger partial charge is 0.274 e. The molecule has 23 heavy (non-hydrogen) atoms. The van der Waals surface area contributed by atoms with E-state index >= 15 is 0 Å². The van der Waals surface area contributed by atoms with Crippen LogP contribution in [-0.4, -0.2) is 37.3 Å². The molecule has 1 amide bonds. The Morgan fingerprint density at radius 3 is 3.13 bits per heavy atom. The van der Waals surface area contributed by atoms with Crippen molar-refractivity contribution in [1.29, 1.82) is 0 Å². The Morgan fingerprint density at radius 2 is 2.39 bits per heavy atom. The maximum Gasteiger partial charge on any atom is 0.274 e. The molecule has 7 heteroatoms. The van der Waals surface area contributed by atoms with Crippen LogP contribution in [0.15, 0.2) is 36.0 Å². The molecule has 0 bridgehead atoms. The van der Waals surface area contributed by atoms with Crippen LogP contribution in [0.4, 0.5) is 0 Å². The van der Waals surface area contributed by atoms with Crippen molar-refractivity contribution in [2.24, 2.45) is 7.05 Å². The summed E-state index contributed by atoms with van der Waals surface area (Å²) in [6.45, 7) is 0.763. The molecule has 0 saturated carbocycles. The van der Waals surface area contributed by atoms with Crippen molar-refractivity contribution in [3.05, 3.63) is 47.2 Å².